The third kappa shape index (κ3) is 5.20. The second-order valence-corrected chi connectivity index (χ2v) is 7.98. The number of hydrogen-bond acceptors (Lipinski definition) is 6. The van der Waals surface area contributed by atoms with E-state index in [1.54, 1.807) is 23.4 Å². The summed E-state index contributed by atoms with van der Waals surface area (Å²) in [6.45, 7) is 1.29. The quantitative estimate of drug-likeness (QED) is 0.450. The number of pyridine rings is 1. The molecule has 0 spiro atoms. The summed E-state index contributed by atoms with van der Waals surface area (Å²) in [4.78, 5) is 30.3. The number of aromatic amines is 1. The molecule has 10 heteroatoms. The molecule has 3 heterocycles. The van der Waals surface area contributed by atoms with Gasteiger partial charge in [0, 0.05) is 37.4 Å². The average Bonchev–Trinajstić information content (AvgIpc) is 3.54. The van der Waals surface area contributed by atoms with Crippen LogP contribution in [0, 0.1) is 17.1 Å². The molecule has 1 atom stereocenters. The number of rotatable bonds is 9. The summed E-state index contributed by atoms with van der Waals surface area (Å²) in [6, 6.07) is 9.77. The molecule has 1 radical (unpaired) electrons. The van der Waals surface area contributed by atoms with Crippen molar-refractivity contribution in [1.29, 1.82) is 5.26 Å². The van der Waals surface area contributed by atoms with Crippen LogP contribution < -0.4 is 10.6 Å². The smallest absolute Gasteiger partial charge is 0.312 e. The molecule has 1 aromatic carbocycles. The molecule has 0 unspecified atom stereocenters. The first-order valence-electron chi connectivity index (χ1n) is 10.9. The number of halogens is 1. The zero-order valence-corrected chi connectivity index (χ0v) is 18.3. The van der Waals surface area contributed by atoms with E-state index in [4.69, 9.17) is 0 Å². The highest BCUT2D eigenvalue weighted by Crippen LogP contribution is 2.26. The molecule has 0 aliphatic carbocycles. The van der Waals surface area contributed by atoms with Gasteiger partial charge in [0.15, 0.2) is 0 Å². The number of nitrogens with one attached hydrogen (secondary N) is 3. The molecule has 1 aliphatic rings. The average molecular weight is 460 g/mol. The maximum absolute atomic E-state index is 13.5. The number of carbonyl (C=O) groups excluding carboxylic acids is 2. The minimum absolute atomic E-state index is 0.112. The number of hydrogen-bond donors (Lipinski definition) is 3. The molecule has 173 valence electrons. The zero-order chi connectivity index (χ0) is 23.9. The minimum atomic E-state index is -0.409. The van der Waals surface area contributed by atoms with Gasteiger partial charge in [0.1, 0.15) is 17.7 Å². The van der Waals surface area contributed by atoms with Crippen molar-refractivity contribution >= 4 is 18.1 Å². The summed E-state index contributed by atoms with van der Waals surface area (Å²) in [5.41, 5.74) is 2.24. The van der Waals surface area contributed by atoms with Crippen LogP contribution in [0.3, 0.4) is 0 Å². The SMILES string of the molecule is N#Cc1cc(C(=O)NC[C@H]2CCCN2[C]=O)c(NCCc2cccc(F)c2)nc1-c1cn[nH]c1. The zero-order valence-electron chi connectivity index (χ0n) is 18.3. The van der Waals surface area contributed by atoms with Crippen molar-refractivity contribution in [3.8, 4) is 17.3 Å². The standard InChI is InChI=1S/C24H23FN7O2/c25-19-4-1-3-16(9-19)6-7-27-23-21(24(34)28-14-20-5-2-8-32(20)15-33)10-17(11-26)22(31-23)18-12-29-30-13-18/h1,3-4,9-10,12-13,20H,2,5-8,14H2,(H,27,31)(H,28,34)(H,29,30)/t20-/m1/s1. The lowest BCUT2D eigenvalue weighted by Crippen LogP contribution is -2.39. The number of anilines is 1. The number of nitrogens with zero attached hydrogens (tertiary/aromatic N) is 4. The molecule has 3 aromatic rings. The van der Waals surface area contributed by atoms with Crippen molar-refractivity contribution in [1.82, 2.24) is 25.4 Å². The van der Waals surface area contributed by atoms with Gasteiger partial charge in [-0.2, -0.15) is 10.4 Å². The van der Waals surface area contributed by atoms with Gasteiger partial charge in [0.25, 0.3) is 5.91 Å². The summed E-state index contributed by atoms with van der Waals surface area (Å²) in [5.74, 6) is -0.423. The van der Waals surface area contributed by atoms with Gasteiger partial charge in [-0.15, -0.1) is 0 Å². The summed E-state index contributed by atoms with van der Waals surface area (Å²) in [7, 11) is 0. The maximum atomic E-state index is 13.5. The minimum Gasteiger partial charge on any atom is -0.369 e. The molecule has 0 bridgehead atoms. The van der Waals surface area contributed by atoms with E-state index < -0.39 is 5.91 Å². The third-order valence-corrected chi connectivity index (χ3v) is 5.75. The van der Waals surface area contributed by atoms with Gasteiger partial charge >= 0.3 is 6.41 Å². The molecule has 3 N–H and O–H groups in total. The fraction of sp³-hybridized carbons (Fsp3) is 0.292. The molecule has 1 aliphatic heterocycles. The van der Waals surface area contributed by atoms with Crippen LogP contribution in [0.25, 0.3) is 11.3 Å². The Labute approximate surface area is 196 Å². The molecule has 2 amide bonds. The van der Waals surface area contributed by atoms with E-state index in [-0.39, 0.29) is 29.5 Å². The second kappa shape index (κ2) is 10.6. The molecule has 0 saturated carbocycles. The monoisotopic (exact) mass is 460 g/mol. The second-order valence-electron chi connectivity index (χ2n) is 7.98. The van der Waals surface area contributed by atoms with Gasteiger partial charge < -0.3 is 15.5 Å². The van der Waals surface area contributed by atoms with Crippen LogP contribution in [-0.4, -0.2) is 58.1 Å². The van der Waals surface area contributed by atoms with Crippen LogP contribution in [0.15, 0.2) is 42.7 Å². The molecule has 4 rings (SSSR count). The van der Waals surface area contributed by atoms with Crippen molar-refractivity contribution < 1.29 is 14.0 Å². The van der Waals surface area contributed by atoms with E-state index >= 15 is 0 Å². The Morgan fingerprint density at radius 1 is 1.35 bits per heavy atom. The van der Waals surface area contributed by atoms with Gasteiger partial charge in [-0.05, 0) is 43.0 Å². The van der Waals surface area contributed by atoms with Crippen LogP contribution in [0.4, 0.5) is 10.2 Å². The van der Waals surface area contributed by atoms with Gasteiger partial charge in [0.2, 0.25) is 0 Å². The van der Waals surface area contributed by atoms with Crippen molar-refractivity contribution in [3.63, 3.8) is 0 Å². The Morgan fingerprint density at radius 3 is 2.97 bits per heavy atom. The van der Waals surface area contributed by atoms with Crippen molar-refractivity contribution in [3.05, 3.63) is 65.2 Å². The fourth-order valence-corrected chi connectivity index (χ4v) is 4.00. The van der Waals surface area contributed by atoms with Gasteiger partial charge in [0.05, 0.1) is 23.0 Å². The number of benzene rings is 1. The first kappa shape index (κ1) is 22.9. The highest BCUT2D eigenvalue weighted by molar-refractivity contribution is 6.00. The molecule has 34 heavy (non-hydrogen) atoms. The lowest BCUT2D eigenvalue weighted by Gasteiger charge is -2.20. The van der Waals surface area contributed by atoms with E-state index in [9.17, 15) is 19.2 Å². The van der Waals surface area contributed by atoms with E-state index in [0.29, 0.717) is 36.6 Å². The number of nitriles is 1. The Bertz CT molecular complexity index is 1210. The lowest BCUT2D eigenvalue weighted by molar-refractivity contribution is 0.0946. The maximum Gasteiger partial charge on any atom is 0.312 e. The van der Waals surface area contributed by atoms with Crippen LogP contribution in [0.5, 0.6) is 0 Å². The first-order chi connectivity index (χ1) is 16.6. The lowest BCUT2D eigenvalue weighted by atomic mass is 10.1. The Balaban J connectivity index is 1.57. The number of H-pyrrole nitrogens is 1. The molecule has 2 aromatic heterocycles. The predicted octanol–water partition coefficient (Wildman–Crippen LogP) is 2.40. The van der Waals surface area contributed by atoms with Crippen LogP contribution in [-0.2, 0) is 11.2 Å². The molecular formula is C24H23FN7O2. The summed E-state index contributed by atoms with van der Waals surface area (Å²) in [5, 5.41) is 22.3. The van der Waals surface area contributed by atoms with E-state index in [1.165, 1.54) is 18.2 Å². The first-order valence-corrected chi connectivity index (χ1v) is 10.9. The molecule has 1 fully saturated rings. The van der Waals surface area contributed by atoms with Crippen molar-refractivity contribution in [2.45, 2.75) is 25.3 Å². The highest BCUT2D eigenvalue weighted by atomic mass is 19.1. The normalized spacial score (nSPS) is 15.1. The molecule has 9 nitrogen and oxygen atoms in total. The third-order valence-electron chi connectivity index (χ3n) is 5.75. The highest BCUT2D eigenvalue weighted by Gasteiger charge is 2.25. The van der Waals surface area contributed by atoms with Crippen LogP contribution in [0.1, 0.15) is 34.3 Å². The fourth-order valence-electron chi connectivity index (χ4n) is 4.00. The molecule has 1 saturated heterocycles. The predicted molar refractivity (Wildman–Crippen MR) is 123 cm³/mol. The largest absolute Gasteiger partial charge is 0.369 e. The van der Waals surface area contributed by atoms with Crippen molar-refractivity contribution in [2.75, 3.05) is 25.0 Å². The number of amides is 2. The van der Waals surface area contributed by atoms with E-state index in [0.717, 1.165) is 18.4 Å². The number of carbonyl (C=O) groups is 1. The van der Waals surface area contributed by atoms with Gasteiger partial charge in [-0.25, -0.2) is 9.37 Å². The van der Waals surface area contributed by atoms with E-state index in [1.807, 2.05) is 12.5 Å². The van der Waals surface area contributed by atoms with Crippen molar-refractivity contribution in [2.24, 2.45) is 0 Å². The van der Waals surface area contributed by atoms with Gasteiger partial charge in [-0.3, -0.25) is 14.7 Å². The Hall–Kier alpha value is -4.26. The van der Waals surface area contributed by atoms with Crippen LogP contribution in [0.2, 0.25) is 0 Å². The Morgan fingerprint density at radius 2 is 2.24 bits per heavy atom. The number of aromatic nitrogens is 3. The van der Waals surface area contributed by atoms with Gasteiger partial charge in [-0.1, -0.05) is 12.1 Å². The topological polar surface area (TPSA) is 127 Å². The molecular weight excluding hydrogens is 437 g/mol. The summed E-state index contributed by atoms with van der Waals surface area (Å²) in [6.07, 6.45) is 7.23. The summed E-state index contributed by atoms with van der Waals surface area (Å²) >= 11 is 0. The van der Waals surface area contributed by atoms with E-state index in [2.05, 4.69) is 31.9 Å². The number of likely N-dealkylation sites (tertiary alicyclic amines) is 1. The Kier molecular flexibility index (Phi) is 7.13. The summed E-state index contributed by atoms with van der Waals surface area (Å²) < 4.78 is 13.5. The van der Waals surface area contributed by atoms with Crippen LogP contribution >= 0.6 is 0 Å².